The van der Waals surface area contributed by atoms with Crippen LogP contribution in [0.1, 0.15) is 25.0 Å². The van der Waals surface area contributed by atoms with E-state index in [1.807, 2.05) is 25.9 Å². The average molecular weight is 461 g/mol. The van der Waals surface area contributed by atoms with Crippen molar-refractivity contribution in [3.63, 3.8) is 0 Å². The molecule has 1 aliphatic heterocycles. The molecule has 0 aliphatic carbocycles. The second-order valence-electron chi connectivity index (χ2n) is 8.42. The molecule has 1 heterocycles. The van der Waals surface area contributed by atoms with Crippen LogP contribution in [0, 0.1) is 23.6 Å². The molecule has 0 unspecified atom stereocenters. The van der Waals surface area contributed by atoms with Crippen molar-refractivity contribution in [3.05, 3.63) is 59.4 Å². The van der Waals surface area contributed by atoms with E-state index in [0.29, 0.717) is 17.7 Å². The second-order valence-corrected chi connectivity index (χ2v) is 10.3. The molecule has 0 saturated carbocycles. The number of aliphatic hydroxyl groups excluding tert-OH is 1. The number of fused-ring (bicyclic) bond motifs is 1. The van der Waals surface area contributed by atoms with Crippen LogP contribution in [0.2, 0.25) is 0 Å². The summed E-state index contributed by atoms with van der Waals surface area (Å²) in [4.78, 5) is 2.04. The van der Waals surface area contributed by atoms with Gasteiger partial charge >= 0.3 is 0 Å². The van der Waals surface area contributed by atoms with Gasteiger partial charge in [-0.15, -0.1) is 0 Å². The molecule has 0 fully saturated rings. The van der Waals surface area contributed by atoms with Gasteiger partial charge in [0.1, 0.15) is 22.6 Å². The van der Waals surface area contributed by atoms with E-state index in [1.54, 1.807) is 31.2 Å². The van der Waals surface area contributed by atoms with E-state index in [4.69, 9.17) is 4.74 Å². The van der Waals surface area contributed by atoms with E-state index in [1.165, 1.54) is 22.5 Å². The predicted octanol–water partition coefficient (Wildman–Crippen LogP) is 2.56. The zero-order valence-corrected chi connectivity index (χ0v) is 19.6. The van der Waals surface area contributed by atoms with Crippen molar-refractivity contribution in [3.8, 4) is 17.6 Å². The zero-order chi connectivity index (χ0) is 23.5. The summed E-state index contributed by atoms with van der Waals surface area (Å²) in [5, 5.41) is 9.68. The van der Waals surface area contributed by atoms with Crippen LogP contribution in [0.5, 0.6) is 5.75 Å². The Bertz CT molecular complexity index is 1120. The number of sulfonamides is 1. The highest BCUT2D eigenvalue weighted by atomic mass is 32.2. The summed E-state index contributed by atoms with van der Waals surface area (Å²) in [6.45, 7) is 4.19. The first-order valence-electron chi connectivity index (χ1n) is 10.5. The van der Waals surface area contributed by atoms with Crippen molar-refractivity contribution in [2.75, 3.05) is 33.8 Å². The summed E-state index contributed by atoms with van der Waals surface area (Å²) in [7, 11) is -0.0272. The number of rotatable bonds is 4. The lowest BCUT2D eigenvalue weighted by Crippen LogP contribution is -2.49. The number of hydrogen-bond donors (Lipinski definition) is 1. The van der Waals surface area contributed by atoms with Crippen molar-refractivity contribution in [1.29, 1.82) is 0 Å². The number of hydrogen-bond acceptors (Lipinski definition) is 5. The lowest BCUT2D eigenvalue weighted by Gasteiger charge is -2.37. The molecule has 0 saturated heterocycles. The molecule has 8 heteroatoms. The van der Waals surface area contributed by atoms with Gasteiger partial charge in [0.15, 0.2) is 0 Å². The van der Waals surface area contributed by atoms with E-state index >= 15 is 0 Å². The highest BCUT2D eigenvalue weighted by Crippen LogP contribution is 2.34. The Balaban J connectivity index is 2.08. The van der Waals surface area contributed by atoms with Crippen molar-refractivity contribution in [2.24, 2.45) is 5.92 Å². The van der Waals surface area contributed by atoms with Gasteiger partial charge in [-0.25, -0.2) is 12.8 Å². The van der Waals surface area contributed by atoms with Gasteiger partial charge in [0.25, 0.3) is 0 Å². The first kappa shape index (κ1) is 24.2. The number of ether oxygens (including phenoxy) is 1. The van der Waals surface area contributed by atoms with E-state index in [9.17, 15) is 17.9 Å². The maximum atomic E-state index is 13.4. The molecule has 3 rings (SSSR count). The van der Waals surface area contributed by atoms with Gasteiger partial charge < -0.3 is 14.7 Å². The monoisotopic (exact) mass is 460 g/mol. The maximum absolute atomic E-state index is 13.4. The highest BCUT2D eigenvalue weighted by Gasteiger charge is 2.37. The summed E-state index contributed by atoms with van der Waals surface area (Å²) in [6, 6.07) is 10.1. The second kappa shape index (κ2) is 10.0. The summed E-state index contributed by atoms with van der Waals surface area (Å²) in [5.41, 5.74) is 1.08. The smallest absolute Gasteiger partial charge is 0.247 e. The molecule has 3 atom stereocenters. The fraction of sp³-hybridized carbons (Fsp3) is 0.417. The van der Waals surface area contributed by atoms with Gasteiger partial charge in [0.05, 0.1) is 6.61 Å². The molecule has 0 aromatic heterocycles. The molecular weight excluding hydrogens is 431 g/mol. The van der Waals surface area contributed by atoms with E-state index < -0.39 is 16.1 Å². The summed E-state index contributed by atoms with van der Waals surface area (Å²) in [5.74, 6) is 5.60. The van der Waals surface area contributed by atoms with Crippen molar-refractivity contribution >= 4 is 10.0 Å². The fourth-order valence-electron chi connectivity index (χ4n) is 3.59. The van der Waals surface area contributed by atoms with Gasteiger partial charge in [-0.05, 0) is 57.4 Å². The third-order valence-corrected chi connectivity index (χ3v) is 7.41. The Morgan fingerprint density at radius 2 is 1.91 bits per heavy atom. The van der Waals surface area contributed by atoms with Crippen LogP contribution in [0.3, 0.4) is 0 Å². The molecule has 0 bridgehead atoms. The molecule has 0 radical (unpaired) electrons. The largest absolute Gasteiger partial charge is 0.487 e. The first-order chi connectivity index (χ1) is 15.1. The van der Waals surface area contributed by atoms with E-state index in [-0.39, 0.29) is 41.6 Å². The molecule has 2 aromatic rings. The average Bonchev–Trinajstić information content (AvgIpc) is 2.74. The van der Waals surface area contributed by atoms with Crippen LogP contribution < -0.4 is 4.74 Å². The lowest BCUT2D eigenvalue weighted by molar-refractivity contribution is 0.0812. The molecule has 172 valence electrons. The quantitative estimate of drug-likeness (QED) is 0.711. The Labute approximate surface area is 189 Å². The van der Waals surface area contributed by atoms with Crippen LogP contribution in [0.25, 0.3) is 0 Å². The van der Waals surface area contributed by atoms with E-state index in [0.717, 1.165) is 0 Å². The molecule has 1 N–H and O–H groups in total. The van der Waals surface area contributed by atoms with Gasteiger partial charge in [0.2, 0.25) is 10.0 Å². The van der Waals surface area contributed by atoms with Crippen molar-refractivity contribution in [1.82, 2.24) is 9.21 Å². The number of likely N-dealkylation sites (N-methyl/N-ethyl adjacent to an activating group) is 1. The van der Waals surface area contributed by atoms with Crippen LogP contribution in [0.15, 0.2) is 47.4 Å². The fourth-order valence-corrected chi connectivity index (χ4v) is 5.42. The minimum atomic E-state index is -3.89. The standard InChI is InChI=1S/C24H29FN2O4S/c1-17-14-27(18(2)16-28)32(29,30)24-11-10-20(9-8-19-6-5-7-21(25)12-19)13-22(24)31-23(17)15-26(3)4/h5-7,10-13,17-18,23,28H,14-16H2,1-4H3/t17-,18-,23+/m0/s1. The maximum Gasteiger partial charge on any atom is 0.247 e. The Morgan fingerprint density at radius 3 is 2.53 bits per heavy atom. The molecule has 1 aliphatic rings. The number of nitrogens with zero attached hydrogens (tertiary/aromatic N) is 2. The van der Waals surface area contributed by atoms with Crippen LogP contribution in [-0.2, 0) is 10.0 Å². The van der Waals surface area contributed by atoms with Crippen molar-refractivity contribution in [2.45, 2.75) is 30.9 Å². The normalized spacial score (nSPS) is 21.5. The minimum absolute atomic E-state index is 0.0461. The van der Waals surface area contributed by atoms with Crippen LogP contribution in [-0.4, -0.2) is 68.7 Å². The van der Waals surface area contributed by atoms with Crippen LogP contribution in [0.4, 0.5) is 4.39 Å². The molecule has 32 heavy (non-hydrogen) atoms. The van der Waals surface area contributed by atoms with Gasteiger partial charge in [-0.2, -0.15) is 4.31 Å². The van der Waals surface area contributed by atoms with Gasteiger partial charge in [-0.1, -0.05) is 24.8 Å². The molecule has 6 nitrogen and oxygen atoms in total. The van der Waals surface area contributed by atoms with Gasteiger partial charge in [0, 0.05) is 36.2 Å². The minimum Gasteiger partial charge on any atom is -0.487 e. The SMILES string of the molecule is C[C@H]1CN([C@@H](C)CO)S(=O)(=O)c2ccc(C#Cc3cccc(F)c3)cc2O[C@@H]1CN(C)C. The van der Waals surface area contributed by atoms with Crippen molar-refractivity contribution < 1.29 is 22.7 Å². The topological polar surface area (TPSA) is 70.1 Å². The summed E-state index contributed by atoms with van der Waals surface area (Å²) < 4.78 is 47.9. The first-order valence-corrected chi connectivity index (χ1v) is 11.9. The molecular formula is C24H29FN2O4S. The highest BCUT2D eigenvalue weighted by molar-refractivity contribution is 7.89. The summed E-state index contributed by atoms with van der Waals surface area (Å²) >= 11 is 0. The summed E-state index contributed by atoms with van der Waals surface area (Å²) in [6.07, 6.45) is -0.265. The van der Waals surface area contributed by atoms with Gasteiger partial charge in [-0.3, -0.25) is 0 Å². The lowest BCUT2D eigenvalue weighted by atomic mass is 10.0. The van der Waals surface area contributed by atoms with Crippen LogP contribution >= 0.6 is 0 Å². The molecule has 0 amide bonds. The number of benzene rings is 2. The third kappa shape index (κ3) is 5.48. The van der Waals surface area contributed by atoms with E-state index in [2.05, 4.69) is 11.8 Å². The Kier molecular flexibility index (Phi) is 7.57. The number of halogens is 1. The molecule has 0 spiro atoms. The predicted molar refractivity (Wildman–Crippen MR) is 121 cm³/mol. The third-order valence-electron chi connectivity index (χ3n) is 5.39. The number of aliphatic hydroxyl groups is 1. The molecule has 2 aromatic carbocycles. The zero-order valence-electron chi connectivity index (χ0n) is 18.7. The Hall–Kier alpha value is -2.44. The Morgan fingerprint density at radius 1 is 1.22 bits per heavy atom.